The molecular weight excluding hydrogens is 472 g/mol. The van der Waals surface area contributed by atoms with Crippen molar-refractivity contribution in [2.24, 2.45) is 0 Å². The van der Waals surface area contributed by atoms with Gasteiger partial charge in [-0.05, 0) is 29.8 Å². The molecule has 1 saturated heterocycles. The molecule has 1 aliphatic heterocycles. The molecular formula is C25H23BrN2O4. The maximum Gasteiger partial charge on any atom is 0.416 e. The quantitative estimate of drug-likeness (QED) is 0.444. The predicted octanol–water partition coefficient (Wildman–Crippen LogP) is 5.55. The molecule has 1 unspecified atom stereocenters. The van der Waals surface area contributed by atoms with Crippen molar-refractivity contribution in [1.29, 1.82) is 0 Å². The zero-order chi connectivity index (χ0) is 22.3. The Balaban J connectivity index is 1.61. The molecule has 1 N–H and O–H groups in total. The summed E-state index contributed by atoms with van der Waals surface area (Å²) >= 11 is 3.51. The minimum absolute atomic E-state index is 0.0767. The lowest BCUT2D eigenvalue weighted by molar-refractivity contribution is -0.128. The predicted molar refractivity (Wildman–Crippen MR) is 125 cm³/mol. The normalized spacial score (nSPS) is 14.0. The van der Waals surface area contributed by atoms with Gasteiger partial charge >= 0.3 is 6.09 Å². The van der Waals surface area contributed by atoms with Gasteiger partial charge in [0, 0.05) is 15.7 Å². The van der Waals surface area contributed by atoms with Crippen LogP contribution in [0.2, 0.25) is 0 Å². The van der Waals surface area contributed by atoms with E-state index < -0.39 is 12.1 Å². The standard InChI is InChI=1S/C25H23BrN2O4/c26-19-11-12-21(23(15-19)32-17-18-7-3-1-4-8-18)22(27-20-9-5-2-6-10-20)16-24(29)28-13-14-31-25(28)30/h1-12,15,22,27H,13-14,16-17H2. The van der Waals surface area contributed by atoms with E-state index >= 15 is 0 Å². The minimum Gasteiger partial charge on any atom is -0.489 e. The number of hydrogen-bond acceptors (Lipinski definition) is 5. The molecule has 164 valence electrons. The molecule has 3 aromatic carbocycles. The van der Waals surface area contributed by atoms with Crippen molar-refractivity contribution in [1.82, 2.24) is 4.90 Å². The van der Waals surface area contributed by atoms with Crippen LogP contribution < -0.4 is 10.1 Å². The number of imide groups is 1. The lowest BCUT2D eigenvalue weighted by Gasteiger charge is -2.24. The summed E-state index contributed by atoms with van der Waals surface area (Å²) in [6, 6.07) is 24.9. The van der Waals surface area contributed by atoms with Gasteiger partial charge < -0.3 is 14.8 Å². The Morgan fingerprint density at radius 2 is 1.78 bits per heavy atom. The first kappa shape index (κ1) is 21.9. The fourth-order valence-corrected chi connectivity index (χ4v) is 3.88. The number of nitrogens with zero attached hydrogens (tertiary/aromatic N) is 1. The van der Waals surface area contributed by atoms with Gasteiger partial charge in [-0.2, -0.15) is 0 Å². The van der Waals surface area contributed by atoms with E-state index in [0.717, 1.165) is 26.2 Å². The van der Waals surface area contributed by atoms with Gasteiger partial charge in [-0.25, -0.2) is 9.69 Å². The largest absolute Gasteiger partial charge is 0.489 e. The van der Waals surface area contributed by atoms with Gasteiger partial charge in [0.05, 0.1) is 19.0 Å². The Kier molecular flexibility index (Phi) is 7.07. The summed E-state index contributed by atoms with van der Waals surface area (Å²) in [5.74, 6) is 0.367. The minimum atomic E-state index is -0.593. The third-order valence-corrected chi connectivity index (χ3v) is 5.64. The van der Waals surface area contributed by atoms with Crippen LogP contribution in [0.3, 0.4) is 0 Å². The van der Waals surface area contributed by atoms with Gasteiger partial charge in [0.2, 0.25) is 5.91 Å². The van der Waals surface area contributed by atoms with E-state index in [1.807, 2.05) is 78.9 Å². The molecule has 32 heavy (non-hydrogen) atoms. The van der Waals surface area contributed by atoms with Crippen molar-refractivity contribution in [2.75, 3.05) is 18.5 Å². The molecule has 0 bridgehead atoms. The number of para-hydroxylation sites is 1. The first-order chi connectivity index (χ1) is 15.6. The van der Waals surface area contributed by atoms with E-state index in [2.05, 4.69) is 21.2 Å². The van der Waals surface area contributed by atoms with Crippen LogP contribution >= 0.6 is 15.9 Å². The molecule has 0 radical (unpaired) electrons. The van der Waals surface area contributed by atoms with Crippen LogP contribution in [0.25, 0.3) is 0 Å². The first-order valence-corrected chi connectivity index (χ1v) is 11.1. The van der Waals surface area contributed by atoms with Crippen LogP contribution in [0.15, 0.2) is 83.3 Å². The number of nitrogens with one attached hydrogen (secondary N) is 1. The van der Waals surface area contributed by atoms with Crippen LogP contribution in [-0.4, -0.2) is 30.1 Å². The number of ether oxygens (including phenoxy) is 2. The second kappa shape index (κ2) is 10.3. The number of rotatable bonds is 8. The zero-order valence-corrected chi connectivity index (χ0v) is 19.0. The van der Waals surface area contributed by atoms with Crippen LogP contribution in [-0.2, 0) is 16.1 Å². The average Bonchev–Trinajstić information content (AvgIpc) is 3.25. The van der Waals surface area contributed by atoms with Gasteiger partial charge in [-0.1, -0.05) is 70.5 Å². The van der Waals surface area contributed by atoms with Gasteiger partial charge in [-0.15, -0.1) is 0 Å². The number of cyclic esters (lactones) is 1. The Bertz CT molecular complexity index is 1080. The van der Waals surface area contributed by atoms with E-state index in [9.17, 15) is 9.59 Å². The van der Waals surface area contributed by atoms with Gasteiger partial charge in [-0.3, -0.25) is 4.79 Å². The number of halogens is 1. The van der Waals surface area contributed by atoms with Gasteiger partial charge in [0.25, 0.3) is 0 Å². The van der Waals surface area contributed by atoms with E-state index in [-0.39, 0.29) is 25.5 Å². The highest BCUT2D eigenvalue weighted by molar-refractivity contribution is 9.10. The second-order valence-electron chi connectivity index (χ2n) is 7.38. The highest BCUT2D eigenvalue weighted by atomic mass is 79.9. The lowest BCUT2D eigenvalue weighted by atomic mass is 10.0. The fraction of sp³-hybridized carbons (Fsp3) is 0.200. The third-order valence-electron chi connectivity index (χ3n) is 5.14. The summed E-state index contributed by atoms with van der Waals surface area (Å²) in [6.45, 7) is 0.896. The Labute approximate surface area is 195 Å². The van der Waals surface area contributed by atoms with Crippen LogP contribution in [0.4, 0.5) is 10.5 Å². The lowest BCUT2D eigenvalue weighted by Crippen LogP contribution is -2.33. The second-order valence-corrected chi connectivity index (χ2v) is 8.30. The number of hydrogen-bond donors (Lipinski definition) is 1. The number of amides is 2. The Hall–Kier alpha value is -3.32. The highest BCUT2D eigenvalue weighted by Crippen LogP contribution is 2.34. The zero-order valence-electron chi connectivity index (χ0n) is 17.4. The summed E-state index contributed by atoms with van der Waals surface area (Å²) in [5.41, 5.74) is 2.74. The van der Waals surface area contributed by atoms with Crippen molar-refractivity contribution < 1.29 is 19.1 Å². The Morgan fingerprint density at radius 3 is 2.47 bits per heavy atom. The number of carbonyl (C=O) groups is 2. The van der Waals surface area contributed by atoms with Crippen molar-refractivity contribution in [2.45, 2.75) is 19.1 Å². The van der Waals surface area contributed by atoms with Crippen molar-refractivity contribution in [3.8, 4) is 5.75 Å². The molecule has 1 atom stereocenters. The first-order valence-electron chi connectivity index (χ1n) is 10.3. The molecule has 0 aliphatic carbocycles. The molecule has 2 amide bonds. The summed E-state index contributed by atoms with van der Waals surface area (Å²) in [5, 5.41) is 3.43. The smallest absolute Gasteiger partial charge is 0.416 e. The van der Waals surface area contributed by atoms with Crippen molar-refractivity contribution in [3.05, 3.63) is 94.5 Å². The molecule has 0 saturated carbocycles. The summed E-state index contributed by atoms with van der Waals surface area (Å²) in [4.78, 5) is 26.0. The Morgan fingerprint density at radius 1 is 1.06 bits per heavy atom. The molecule has 6 nitrogen and oxygen atoms in total. The SMILES string of the molecule is O=C(CC(Nc1ccccc1)c1ccc(Br)cc1OCc1ccccc1)N1CCOC1=O. The maximum absolute atomic E-state index is 12.9. The van der Waals surface area contributed by atoms with E-state index in [0.29, 0.717) is 12.4 Å². The molecule has 4 rings (SSSR count). The number of benzene rings is 3. The van der Waals surface area contributed by atoms with Crippen LogP contribution in [0, 0.1) is 0 Å². The molecule has 1 fully saturated rings. The molecule has 0 aromatic heterocycles. The number of anilines is 1. The molecule has 1 aliphatic rings. The average molecular weight is 495 g/mol. The maximum atomic E-state index is 12.9. The van der Waals surface area contributed by atoms with E-state index in [1.165, 1.54) is 0 Å². The highest BCUT2D eigenvalue weighted by Gasteiger charge is 2.31. The number of carbonyl (C=O) groups excluding carboxylic acids is 2. The molecule has 3 aromatic rings. The molecule has 0 spiro atoms. The van der Waals surface area contributed by atoms with Crippen molar-refractivity contribution >= 4 is 33.6 Å². The van der Waals surface area contributed by atoms with E-state index in [4.69, 9.17) is 9.47 Å². The third kappa shape index (κ3) is 5.48. The molecule has 7 heteroatoms. The van der Waals surface area contributed by atoms with Gasteiger partial charge in [0.1, 0.15) is 19.0 Å². The molecule has 1 heterocycles. The monoisotopic (exact) mass is 494 g/mol. The van der Waals surface area contributed by atoms with Gasteiger partial charge in [0.15, 0.2) is 0 Å². The fourth-order valence-electron chi connectivity index (χ4n) is 3.54. The summed E-state index contributed by atoms with van der Waals surface area (Å²) < 4.78 is 12.0. The van der Waals surface area contributed by atoms with Crippen LogP contribution in [0.1, 0.15) is 23.6 Å². The summed E-state index contributed by atoms with van der Waals surface area (Å²) in [6.07, 6.45) is -0.516. The summed E-state index contributed by atoms with van der Waals surface area (Å²) in [7, 11) is 0. The van der Waals surface area contributed by atoms with Crippen LogP contribution in [0.5, 0.6) is 5.75 Å². The topological polar surface area (TPSA) is 67.9 Å². The van der Waals surface area contributed by atoms with Crippen molar-refractivity contribution in [3.63, 3.8) is 0 Å². The van der Waals surface area contributed by atoms with E-state index in [1.54, 1.807) is 0 Å².